The molecule has 33 heavy (non-hydrogen) atoms. The second-order valence-corrected chi connectivity index (χ2v) is 9.30. The molecule has 1 aliphatic rings. The fourth-order valence-corrected chi connectivity index (χ4v) is 5.54. The van der Waals surface area contributed by atoms with Crippen molar-refractivity contribution in [1.82, 2.24) is 0 Å². The van der Waals surface area contributed by atoms with Gasteiger partial charge in [-0.25, -0.2) is 8.42 Å². The molecule has 1 aliphatic heterocycles. The minimum atomic E-state index is -4.22. The Kier molecular flexibility index (Phi) is 5.98. The lowest BCUT2D eigenvalue weighted by Gasteiger charge is -2.32. The molecule has 0 saturated heterocycles. The Morgan fingerprint density at radius 1 is 0.970 bits per heavy atom. The zero-order valence-electron chi connectivity index (χ0n) is 18.0. The summed E-state index contributed by atoms with van der Waals surface area (Å²) in [4.78, 5) is 24.9. The van der Waals surface area contributed by atoms with Crippen molar-refractivity contribution in [2.24, 2.45) is 0 Å². The number of nitrogens with one attached hydrogen (secondary N) is 1. The van der Waals surface area contributed by atoms with Gasteiger partial charge in [-0.15, -0.1) is 6.58 Å². The van der Waals surface area contributed by atoms with E-state index in [0.717, 1.165) is 0 Å². The Morgan fingerprint density at radius 3 is 2.36 bits per heavy atom. The number of rotatable bonds is 6. The van der Waals surface area contributed by atoms with Crippen LogP contribution < -0.4 is 9.62 Å². The average Bonchev–Trinajstić information content (AvgIpc) is 2.81. The first-order valence-corrected chi connectivity index (χ1v) is 11.7. The molecule has 7 heteroatoms. The van der Waals surface area contributed by atoms with Crippen molar-refractivity contribution in [3.8, 4) is 0 Å². The molecule has 1 N–H and O–H groups in total. The molecule has 0 spiro atoms. The Morgan fingerprint density at radius 2 is 1.67 bits per heavy atom. The van der Waals surface area contributed by atoms with Crippen LogP contribution in [-0.4, -0.2) is 26.7 Å². The number of para-hydroxylation sites is 1. The molecule has 166 valence electrons. The van der Waals surface area contributed by atoms with Crippen molar-refractivity contribution in [3.63, 3.8) is 0 Å². The Labute approximate surface area is 192 Å². The molecule has 0 atom stereocenters. The van der Waals surface area contributed by atoms with Crippen LogP contribution >= 0.6 is 0 Å². The van der Waals surface area contributed by atoms with Crippen LogP contribution in [0.2, 0.25) is 0 Å². The molecule has 0 bridgehead atoms. The summed E-state index contributed by atoms with van der Waals surface area (Å²) in [5.41, 5.74) is 2.78. The van der Waals surface area contributed by atoms with Gasteiger partial charge < -0.3 is 5.32 Å². The minimum Gasteiger partial charge on any atom is -0.321 e. The second-order valence-electron chi connectivity index (χ2n) is 7.50. The number of ketones is 1. The molecule has 6 nitrogen and oxygen atoms in total. The van der Waals surface area contributed by atoms with Gasteiger partial charge in [-0.2, -0.15) is 0 Å². The van der Waals surface area contributed by atoms with Crippen molar-refractivity contribution in [2.45, 2.75) is 6.92 Å². The van der Waals surface area contributed by atoms with Crippen molar-refractivity contribution < 1.29 is 18.0 Å². The highest BCUT2D eigenvalue weighted by Gasteiger charge is 2.40. The average molecular weight is 459 g/mol. The van der Waals surface area contributed by atoms with Crippen LogP contribution in [0.4, 0.5) is 11.4 Å². The maximum atomic E-state index is 13.8. The van der Waals surface area contributed by atoms with Crippen molar-refractivity contribution >= 4 is 38.7 Å². The lowest BCUT2D eigenvalue weighted by atomic mass is 9.95. The predicted molar refractivity (Wildman–Crippen MR) is 130 cm³/mol. The highest BCUT2D eigenvalue weighted by molar-refractivity contribution is 7.97. The number of amides is 1. The van der Waals surface area contributed by atoms with E-state index in [9.17, 15) is 18.0 Å². The van der Waals surface area contributed by atoms with Gasteiger partial charge in [-0.3, -0.25) is 13.9 Å². The van der Waals surface area contributed by atoms with E-state index in [0.29, 0.717) is 33.6 Å². The highest BCUT2D eigenvalue weighted by Crippen LogP contribution is 2.42. The first-order chi connectivity index (χ1) is 15.8. The summed E-state index contributed by atoms with van der Waals surface area (Å²) in [5, 5.41) is 2.68. The summed E-state index contributed by atoms with van der Waals surface area (Å²) >= 11 is 0. The molecule has 3 aromatic carbocycles. The van der Waals surface area contributed by atoms with Crippen molar-refractivity contribution in [1.29, 1.82) is 0 Å². The number of anilines is 2. The van der Waals surface area contributed by atoms with Gasteiger partial charge in [-0.1, -0.05) is 66.7 Å². The maximum absolute atomic E-state index is 13.8. The zero-order chi connectivity index (χ0) is 23.6. The number of hydrogen-bond acceptors (Lipinski definition) is 4. The van der Waals surface area contributed by atoms with Gasteiger partial charge in [0.25, 0.3) is 15.9 Å². The molecular weight excluding hydrogens is 436 g/mol. The number of fused-ring (bicyclic) bond motifs is 1. The fourth-order valence-electron chi connectivity index (χ4n) is 3.83. The summed E-state index contributed by atoms with van der Waals surface area (Å²) in [7, 11) is -4.22. The van der Waals surface area contributed by atoms with Crippen LogP contribution in [0, 0.1) is 0 Å². The Bertz CT molecular complexity index is 1390. The molecule has 3 aromatic rings. The summed E-state index contributed by atoms with van der Waals surface area (Å²) in [5.74, 6) is -0.940. The molecular formula is C26H22N2O4S. The van der Waals surface area contributed by atoms with Gasteiger partial charge >= 0.3 is 0 Å². The number of carbonyl (C=O) groups excluding carboxylic acids is 2. The molecule has 0 radical (unpaired) electrons. The molecule has 0 aromatic heterocycles. The van der Waals surface area contributed by atoms with Crippen LogP contribution in [0.25, 0.3) is 5.57 Å². The molecule has 0 saturated carbocycles. The van der Waals surface area contributed by atoms with Gasteiger partial charge in [0.05, 0.1) is 12.2 Å². The van der Waals surface area contributed by atoms with E-state index >= 15 is 0 Å². The van der Waals surface area contributed by atoms with Gasteiger partial charge in [0.2, 0.25) is 0 Å². The van der Waals surface area contributed by atoms with Gasteiger partial charge in [0.1, 0.15) is 0 Å². The van der Waals surface area contributed by atoms with E-state index in [1.807, 2.05) is 6.07 Å². The molecule has 4 rings (SSSR count). The summed E-state index contributed by atoms with van der Waals surface area (Å²) in [6.45, 7) is 5.11. The third-order valence-corrected chi connectivity index (χ3v) is 7.14. The van der Waals surface area contributed by atoms with Crippen LogP contribution in [-0.2, 0) is 14.8 Å². The van der Waals surface area contributed by atoms with Crippen LogP contribution in [0.15, 0.2) is 96.4 Å². The third kappa shape index (κ3) is 4.10. The van der Waals surface area contributed by atoms with Crippen LogP contribution in [0.3, 0.4) is 0 Å². The molecule has 1 heterocycles. The van der Waals surface area contributed by atoms with Gasteiger partial charge in [0.15, 0.2) is 10.7 Å². The van der Waals surface area contributed by atoms with Gasteiger partial charge in [-0.05, 0) is 30.7 Å². The molecule has 1 amide bonds. The van der Waals surface area contributed by atoms with Crippen LogP contribution in [0.5, 0.6) is 0 Å². The summed E-state index contributed by atoms with van der Waals surface area (Å²) < 4.78 is 28.7. The van der Waals surface area contributed by atoms with E-state index in [-0.39, 0.29) is 17.2 Å². The van der Waals surface area contributed by atoms with E-state index in [1.165, 1.54) is 23.4 Å². The topological polar surface area (TPSA) is 83.6 Å². The first-order valence-electron chi connectivity index (χ1n) is 10.3. The van der Waals surface area contributed by atoms with Crippen LogP contribution in [0.1, 0.15) is 28.4 Å². The maximum Gasteiger partial charge on any atom is 0.270 e. The largest absolute Gasteiger partial charge is 0.321 e. The molecule has 0 aliphatic carbocycles. The SMILES string of the molecule is C=CCN1c2ccccc2C(c2ccccc2)=C(C(=O)Nc2cccc(C(C)=O)c2)S1(=O)=O. The van der Waals surface area contributed by atoms with Gasteiger partial charge in [0, 0.05) is 22.4 Å². The molecule has 0 unspecified atom stereocenters. The Hall–Kier alpha value is -3.97. The number of nitrogens with zero attached hydrogens (tertiary/aromatic N) is 1. The number of Topliss-reactive ketones (excluding diaryl/α,β-unsaturated/α-hetero) is 1. The minimum absolute atomic E-state index is 0.0119. The predicted octanol–water partition coefficient (Wildman–Crippen LogP) is 4.62. The van der Waals surface area contributed by atoms with E-state index in [4.69, 9.17) is 0 Å². The van der Waals surface area contributed by atoms with E-state index < -0.39 is 15.9 Å². The normalized spacial score (nSPS) is 14.4. The second kappa shape index (κ2) is 8.88. The third-order valence-electron chi connectivity index (χ3n) is 5.31. The monoisotopic (exact) mass is 458 g/mol. The fraction of sp³-hybridized carbons (Fsp3) is 0.0769. The lowest BCUT2D eigenvalue weighted by molar-refractivity contribution is -0.112. The summed E-state index contributed by atoms with van der Waals surface area (Å²) in [6.07, 6.45) is 1.48. The highest BCUT2D eigenvalue weighted by atomic mass is 32.2. The van der Waals surface area contributed by atoms with E-state index in [2.05, 4.69) is 11.9 Å². The smallest absolute Gasteiger partial charge is 0.270 e. The number of carbonyl (C=O) groups is 2. The first kappa shape index (κ1) is 22.2. The summed E-state index contributed by atoms with van der Waals surface area (Å²) in [6, 6.07) is 22.4. The standard InChI is InChI=1S/C26H22N2O4S/c1-3-16-28-23-15-8-7-14-22(23)24(19-10-5-4-6-11-19)25(33(28,31)32)26(30)27-21-13-9-12-20(17-21)18(2)29/h3-15,17H,1,16H2,2H3,(H,27,30). The van der Waals surface area contributed by atoms with Crippen molar-refractivity contribution in [2.75, 3.05) is 16.2 Å². The van der Waals surface area contributed by atoms with Crippen molar-refractivity contribution in [3.05, 3.63) is 113 Å². The quantitative estimate of drug-likeness (QED) is 0.431. The number of benzene rings is 3. The number of sulfonamides is 1. The zero-order valence-corrected chi connectivity index (χ0v) is 18.8. The Balaban J connectivity index is 1.95. The van der Waals surface area contributed by atoms with E-state index in [1.54, 1.807) is 66.7 Å². The molecule has 0 fully saturated rings. The lowest BCUT2D eigenvalue weighted by Crippen LogP contribution is -2.39. The number of hydrogen-bond donors (Lipinski definition) is 1.